The van der Waals surface area contributed by atoms with Crippen molar-refractivity contribution in [2.24, 2.45) is 5.73 Å². The summed E-state index contributed by atoms with van der Waals surface area (Å²) >= 11 is 0. The molecule has 0 aliphatic heterocycles. The van der Waals surface area contributed by atoms with E-state index in [-0.39, 0.29) is 0 Å². The van der Waals surface area contributed by atoms with Crippen LogP contribution in [0.2, 0.25) is 0 Å². The number of aliphatic hydroxyl groups is 1. The Morgan fingerprint density at radius 3 is 2.19 bits per heavy atom. The molecule has 3 N–H and O–H groups in total. The molecule has 0 aromatic heterocycles. The fourth-order valence-corrected chi connectivity index (χ4v) is 1.71. The Kier molecular flexibility index (Phi) is 5.46. The maximum absolute atomic E-state index is 10.0. The van der Waals surface area contributed by atoms with Gasteiger partial charge in [0.05, 0.1) is 6.10 Å². The zero-order chi connectivity index (χ0) is 12.0. The molecule has 3 heteroatoms. The van der Waals surface area contributed by atoms with Crippen LogP contribution in [0, 0.1) is 0 Å². The second kappa shape index (κ2) is 6.63. The van der Waals surface area contributed by atoms with Crippen LogP contribution in [0.5, 0.6) is 0 Å². The summed E-state index contributed by atoms with van der Waals surface area (Å²) in [5.74, 6) is 0. The maximum Gasteiger partial charge on any atom is 0.0916 e. The Labute approximate surface area is 97.9 Å². The lowest BCUT2D eigenvalue weighted by Crippen LogP contribution is -2.28. The molecule has 0 fully saturated rings. The molecule has 1 aromatic carbocycles. The molecule has 0 saturated heterocycles. The van der Waals surface area contributed by atoms with Crippen LogP contribution in [-0.4, -0.2) is 29.6 Å². The van der Waals surface area contributed by atoms with Crippen molar-refractivity contribution in [3.8, 4) is 0 Å². The van der Waals surface area contributed by atoms with Crippen LogP contribution in [0.3, 0.4) is 0 Å². The van der Waals surface area contributed by atoms with Crippen molar-refractivity contribution in [3.05, 3.63) is 35.4 Å². The third kappa shape index (κ3) is 3.59. The van der Waals surface area contributed by atoms with E-state index >= 15 is 0 Å². The first-order chi connectivity index (χ1) is 7.71. The zero-order valence-corrected chi connectivity index (χ0v) is 10.2. The minimum absolute atomic E-state index is 0.410. The number of benzene rings is 1. The van der Waals surface area contributed by atoms with Crippen molar-refractivity contribution in [2.45, 2.75) is 26.5 Å². The number of hydrogen-bond donors (Lipinski definition) is 2. The second-order valence-corrected chi connectivity index (χ2v) is 3.95. The van der Waals surface area contributed by atoms with E-state index in [0.29, 0.717) is 13.1 Å². The lowest BCUT2D eigenvalue weighted by molar-refractivity contribution is 0.119. The van der Waals surface area contributed by atoms with E-state index in [9.17, 15) is 5.11 Å². The lowest BCUT2D eigenvalue weighted by Gasteiger charge is -2.22. The molecule has 0 heterocycles. The van der Waals surface area contributed by atoms with Crippen molar-refractivity contribution in [1.29, 1.82) is 0 Å². The van der Waals surface area contributed by atoms with Crippen molar-refractivity contribution >= 4 is 0 Å². The van der Waals surface area contributed by atoms with E-state index in [1.165, 1.54) is 0 Å². The summed E-state index contributed by atoms with van der Waals surface area (Å²) in [6.07, 6.45) is -0.410. The molecule has 0 spiro atoms. The SMILES string of the molecule is CCN(CC)CC(O)c1ccc(CN)cc1. The topological polar surface area (TPSA) is 49.5 Å². The van der Waals surface area contributed by atoms with Gasteiger partial charge in [-0.05, 0) is 24.2 Å². The minimum atomic E-state index is -0.410. The standard InChI is InChI=1S/C13H22N2O/c1-3-15(4-2)10-13(16)12-7-5-11(9-14)6-8-12/h5-8,13,16H,3-4,9-10,14H2,1-2H3. The van der Waals surface area contributed by atoms with E-state index in [2.05, 4.69) is 18.7 Å². The summed E-state index contributed by atoms with van der Waals surface area (Å²) in [6.45, 7) is 7.38. The van der Waals surface area contributed by atoms with Gasteiger partial charge >= 0.3 is 0 Å². The number of nitrogens with zero attached hydrogens (tertiary/aromatic N) is 1. The molecule has 3 nitrogen and oxygen atoms in total. The molecule has 90 valence electrons. The Morgan fingerprint density at radius 1 is 1.19 bits per heavy atom. The van der Waals surface area contributed by atoms with Crippen LogP contribution in [0.25, 0.3) is 0 Å². The van der Waals surface area contributed by atoms with Gasteiger partial charge in [0.2, 0.25) is 0 Å². The van der Waals surface area contributed by atoms with Gasteiger partial charge in [-0.3, -0.25) is 0 Å². The van der Waals surface area contributed by atoms with Crippen LogP contribution in [0.4, 0.5) is 0 Å². The van der Waals surface area contributed by atoms with Gasteiger partial charge in [0, 0.05) is 13.1 Å². The van der Waals surface area contributed by atoms with Gasteiger partial charge in [-0.2, -0.15) is 0 Å². The largest absolute Gasteiger partial charge is 0.387 e. The molecule has 0 saturated carbocycles. The fraction of sp³-hybridized carbons (Fsp3) is 0.538. The molecule has 0 bridgehead atoms. The first-order valence-electron chi connectivity index (χ1n) is 5.90. The highest BCUT2D eigenvalue weighted by Crippen LogP contribution is 2.15. The monoisotopic (exact) mass is 222 g/mol. The van der Waals surface area contributed by atoms with E-state index in [1.54, 1.807) is 0 Å². The summed E-state index contributed by atoms with van der Waals surface area (Å²) in [5, 5.41) is 10.0. The second-order valence-electron chi connectivity index (χ2n) is 3.95. The Morgan fingerprint density at radius 2 is 1.75 bits per heavy atom. The Bertz CT molecular complexity index is 293. The van der Waals surface area contributed by atoms with E-state index < -0.39 is 6.10 Å². The van der Waals surface area contributed by atoms with E-state index in [1.807, 2.05) is 24.3 Å². The van der Waals surface area contributed by atoms with Gasteiger partial charge in [-0.1, -0.05) is 38.1 Å². The summed E-state index contributed by atoms with van der Waals surface area (Å²) in [6, 6.07) is 7.86. The predicted octanol–water partition coefficient (Wildman–Crippen LogP) is 1.52. The average molecular weight is 222 g/mol. The number of likely N-dealkylation sites (N-methyl/N-ethyl adjacent to an activating group) is 1. The molecule has 1 atom stereocenters. The van der Waals surface area contributed by atoms with Gasteiger partial charge in [0.25, 0.3) is 0 Å². The van der Waals surface area contributed by atoms with Gasteiger partial charge < -0.3 is 15.7 Å². The zero-order valence-electron chi connectivity index (χ0n) is 10.2. The summed E-state index contributed by atoms with van der Waals surface area (Å²) in [7, 11) is 0. The Hall–Kier alpha value is -0.900. The molecule has 0 aliphatic rings. The third-order valence-electron chi connectivity index (χ3n) is 2.93. The highest BCUT2D eigenvalue weighted by Gasteiger charge is 2.10. The number of rotatable bonds is 6. The fourth-order valence-electron chi connectivity index (χ4n) is 1.71. The number of hydrogen-bond acceptors (Lipinski definition) is 3. The van der Waals surface area contributed by atoms with Crippen LogP contribution in [0.1, 0.15) is 31.1 Å². The first kappa shape index (κ1) is 13.2. The lowest BCUT2D eigenvalue weighted by atomic mass is 10.1. The highest BCUT2D eigenvalue weighted by molar-refractivity contribution is 5.24. The van der Waals surface area contributed by atoms with Crippen molar-refractivity contribution in [3.63, 3.8) is 0 Å². The summed E-state index contributed by atoms with van der Waals surface area (Å²) in [5.41, 5.74) is 7.59. The van der Waals surface area contributed by atoms with Crippen LogP contribution in [0.15, 0.2) is 24.3 Å². The molecular formula is C13H22N2O. The quantitative estimate of drug-likeness (QED) is 0.767. The molecule has 0 aliphatic carbocycles. The molecule has 0 amide bonds. The number of nitrogens with two attached hydrogens (primary N) is 1. The summed E-state index contributed by atoms with van der Waals surface area (Å²) in [4.78, 5) is 2.21. The van der Waals surface area contributed by atoms with Crippen LogP contribution < -0.4 is 5.73 Å². The Balaban J connectivity index is 2.61. The maximum atomic E-state index is 10.0. The average Bonchev–Trinajstić information content (AvgIpc) is 2.35. The normalized spacial score (nSPS) is 13.1. The van der Waals surface area contributed by atoms with Crippen LogP contribution >= 0.6 is 0 Å². The molecule has 0 radical (unpaired) electrons. The summed E-state index contributed by atoms with van der Waals surface area (Å²) < 4.78 is 0. The molecule has 1 rings (SSSR count). The molecule has 1 aromatic rings. The minimum Gasteiger partial charge on any atom is -0.387 e. The molecule has 1 unspecified atom stereocenters. The van der Waals surface area contributed by atoms with Gasteiger partial charge in [-0.25, -0.2) is 0 Å². The first-order valence-corrected chi connectivity index (χ1v) is 5.90. The smallest absolute Gasteiger partial charge is 0.0916 e. The van der Waals surface area contributed by atoms with Gasteiger partial charge in [0.1, 0.15) is 0 Å². The van der Waals surface area contributed by atoms with Gasteiger partial charge in [0.15, 0.2) is 0 Å². The van der Waals surface area contributed by atoms with Crippen LogP contribution in [-0.2, 0) is 6.54 Å². The third-order valence-corrected chi connectivity index (χ3v) is 2.93. The van der Waals surface area contributed by atoms with Crippen molar-refractivity contribution in [1.82, 2.24) is 4.90 Å². The molecule has 16 heavy (non-hydrogen) atoms. The molecular weight excluding hydrogens is 200 g/mol. The van der Waals surface area contributed by atoms with Crippen molar-refractivity contribution in [2.75, 3.05) is 19.6 Å². The van der Waals surface area contributed by atoms with Crippen molar-refractivity contribution < 1.29 is 5.11 Å². The van der Waals surface area contributed by atoms with Gasteiger partial charge in [-0.15, -0.1) is 0 Å². The van der Waals surface area contributed by atoms with E-state index in [0.717, 1.165) is 24.2 Å². The highest BCUT2D eigenvalue weighted by atomic mass is 16.3. The number of aliphatic hydroxyl groups excluding tert-OH is 1. The van der Waals surface area contributed by atoms with E-state index in [4.69, 9.17) is 5.73 Å². The predicted molar refractivity (Wildman–Crippen MR) is 67.1 cm³/mol.